The minimum Gasteiger partial charge on any atom is -0.206 e. The van der Waals surface area contributed by atoms with Crippen LogP contribution >= 0.6 is 0 Å². The van der Waals surface area contributed by atoms with Gasteiger partial charge in [-0.2, -0.15) is 5.26 Å². The molecule has 0 amide bonds. The van der Waals surface area contributed by atoms with Crippen molar-refractivity contribution in [3.63, 3.8) is 0 Å². The summed E-state index contributed by atoms with van der Waals surface area (Å²) in [6, 6.07) is 6.22. The Hall–Kier alpha value is -1.88. The van der Waals surface area contributed by atoms with Crippen LogP contribution in [-0.2, 0) is 0 Å². The van der Waals surface area contributed by atoms with Crippen molar-refractivity contribution >= 4 is 6.08 Å². The Labute approximate surface area is 76.4 Å². The number of allylic oxidation sites excluding steroid dienone is 2. The Morgan fingerprint density at radius 3 is 2.77 bits per heavy atom. The highest BCUT2D eigenvalue weighted by Gasteiger charge is 1.98. The molecule has 1 rings (SSSR count). The number of hydrogen-bond acceptors (Lipinski definition) is 1. The van der Waals surface area contributed by atoms with Gasteiger partial charge in [0.1, 0.15) is 5.82 Å². The highest BCUT2D eigenvalue weighted by atomic mass is 19.1. The number of benzene rings is 1. The molecule has 0 saturated carbocycles. The van der Waals surface area contributed by atoms with Crippen LogP contribution in [0.1, 0.15) is 11.1 Å². The molecule has 0 atom stereocenters. The van der Waals surface area contributed by atoms with Gasteiger partial charge in [0.15, 0.2) is 0 Å². The van der Waals surface area contributed by atoms with E-state index >= 15 is 0 Å². The van der Waals surface area contributed by atoms with Crippen LogP contribution in [0, 0.1) is 17.1 Å². The molecular weight excluding hydrogens is 165 g/mol. The van der Waals surface area contributed by atoms with Crippen LogP contribution in [0.4, 0.5) is 4.39 Å². The zero-order valence-electron chi connectivity index (χ0n) is 7.00. The van der Waals surface area contributed by atoms with E-state index in [-0.39, 0.29) is 0 Å². The van der Waals surface area contributed by atoms with E-state index in [0.717, 1.165) is 0 Å². The van der Waals surface area contributed by atoms with Crippen molar-refractivity contribution in [3.05, 3.63) is 53.9 Å². The van der Waals surface area contributed by atoms with Crippen LogP contribution in [0.15, 0.2) is 36.9 Å². The molecule has 0 aromatic heterocycles. The molecule has 0 radical (unpaired) electrons. The molecule has 0 aliphatic heterocycles. The van der Waals surface area contributed by atoms with Crippen molar-refractivity contribution in [2.75, 3.05) is 0 Å². The summed E-state index contributed by atoms with van der Waals surface area (Å²) >= 11 is 0. The topological polar surface area (TPSA) is 23.8 Å². The number of rotatable bonds is 2. The quantitative estimate of drug-likeness (QED) is 0.631. The summed E-state index contributed by atoms with van der Waals surface area (Å²) in [5.41, 5.74) is 0.784. The van der Waals surface area contributed by atoms with Crippen LogP contribution in [0.5, 0.6) is 0 Å². The Morgan fingerprint density at radius 2 is 2.23 bits per heavy atom. The normalized spacial score (nSPS) is 9.85. The van der Waals surface area contributed by atoms with E-state index in [0.29, 0.717) is 11.1 Å². The lowest BCUT2D eigenvalue weighted by Gasteiger charge is -1.95. The maximum Gasteiger partial charge on any atom is 0.131 e. The van der Waals surface area contributed by atoms with Gasteiger partial charge in [-0.3, -0.25) is 0 Å². The standard InChI is InChI=1S/C11H8FN/c1-2-3-4-10-6-5-9(8-13)7-11(10)12/h2-7H,1H2/b4-3+. The molecule has 1 nitrogen and oxygen atoms in total. The largest absolute Gasteiger partial charge is 0.206 e. The molecule has 0 bridgehead atoms. The summed E-state index contributed by atoms with van der Waals surface area (Å²) < 4.78 is 13.1. The average molecular weight is 173 g/mol. The third kappa shape index (κ3) is 2.28. The zero-order chi connectivity index (χ0) is 9.68. The van der Waals surface area contributed by atoms with E-state index < -0.39 is 5.82 Å². The molecule has 0 aliphatic carbocycles. The molecule has 0 N–H and O–H groups in total. The van der Waals surface area contributed by atoms with Crippen LogP contribution in [-0.4, -0.2) is 0 Å². The maximum absolute atomic E-state index is 13.1. The first-order valence-corrected chi connectivity index (χ1v) is 3.76. The third-order valence-corrected chi connectivity index (χ3v) is 1.54. The van der Waals surface area contributed by atoms with E-state index in [2.05, 4.69) is 6.58 Å². The molecule has 1 aromatic rings. The fraction of sp³-hybridized carbons (Fsp3) is 0. The zero-order valence-corrected chi connectivity index (χ0v) is 7.00. The molecule has 0 fully saturated rings. The van der Waals surface area contributed by atoms with Crippen LogP contribution in [0.2, 0.25) is 0 Å². The van der Waals surface area contributed by atoms with Gasteiger partial charge in [-0.25, -0.2) is 4.39 Å². The molecule has 0 heterocycles. The van der Waals surface area contributed by atoms with Crippen LogP contribution in [0.3, 0.4) is 0 Å². The number of nitriles is 1. The lowest BCUT2D eigenvalue weighted by Crippen LogP contribution is -1.83. The van der Waals surface area contributed by atoms with Crippen molar-refractivity contribution < 1.29 is 4.39 Å². The highest BCUT2D eigenvalue weighted by molar-refractivity contribution is 5.53. The van der Waals surface area contributed by atoms with Crippen molar-refractivity contribution in [2.24, 2.45) is 0 Å². The first kappa shape index (κ1) is 9.21. The van der Waals surface area contributed by atoms with Gasteiger partial charge in [0.05, 0.1) is 11.6 Å². The number of hydrogen-bond donors (Lipinski definition) is 0. The van der Waals surface area contributed by atoms with Crippen molar-refractivity contribution in [2.45, 2.75) is 0 Å². The second-order valence-electron chi connectivity index (χ2n) is 2.44. The average Bonchev–Trinajstić information content (AvgIpc) is 2.16. The van der Waals surface area contributed by atoms with E-state index in [1.807, 2.05) is 6.07 Å². The molecule has 0 spiro atoms. The van der Waals surface area contributed by atoms with Gasteiger partial charge in [-0.15, -0.1) is 0 Å². The fourth-order valence-corrected chi connectivity index (χ4v) is 0.904. The van der Waals surface area contributed by atoms with E-state index in [1.165, 1.54) is 6.07 Å². The summed E-state index contributed by atoms with van der Waals surface area (Å²) in [4.78, 5) is 0. The summed E-state index contributed by atoms with van der Waals surface area (Å²) in [5, 5.41) is 8.48. The molecule has 64 valence electrons. The summed E-state index contributed by atoms with van der Waals surface area (Å²) in [6.07, 6.45) is 4.81. The van der Waals surface area contributed by atoms with Gasteiger partial charge in [0.25, 0.3) is 0 Å². The Bertz CT molecular complexity index is 386. The highest BCUT2D eigenvalue weighted by Crippen LogP contribution is 2.11. The van der Waals surface area contributed by atoms with Gasteiger partial charge in [-0.05, 0) is 12.1 Å². The fourth-order valence-electron chi connectivity index (χ4n) is 0.904. The van der Waals surface area contributed by atoms with Crippen molar-refractivity contribution in [3.8, 4) is 6.07 Å². The second kappa shape index (κ2) is 4.22. The number of halogens is 1. The van der Waals surface area contributed by atoms with Gasteiger partial charge in [0.2, 0.25) is 0 Å². The Kier molecular flexibility index (Phi) is 2.99. The monoisotopic (exact) mass is 173 g/mol. The molecule has 0 aliphatic rings. The lowest BCUT2D eigenvalue weighted by atomic mass is 10.1. The summed E-state index contributed by atoms with van der Waals surface area (Å²) in [6.45, 7) is 3.48. The van der Waals surface area contributed by atoms with Gasteiger partial charge in [0, 0.05) is 5.56 Å². The maximum atomic E-state index is 13.1. The van der Waals surface area contributed by atoms with Gasteiger partial charge < -0.3 is 0 Å². The van der Waals surface area contributed by atoms with Crippen LogP contribution < -0.4 is 0 Å². The first-order chi connectivity index (χ1) is 6.27. The molecule has 13 heavy (non-hydrogen) atoms. The van der Waals surface area contributed by atoms with Crippen molar-refractivity contribution in [1.82, 2.24) is 0 Å². The Balaban J connectivity index is 3.06. The van der Waals surface area contributed by atoms with Crippen molar-refractivity contribution in [1.29, 1.82) is 5.26 Å². The summed E-state index contributed by atoms with van der Waals surface area (Å²) in [5.74, 6) is -0.392. The van der Waals surface area contributed by atoms with E-state index in [1.54, 1.807) is 30.4 Å². The van der Waals surface area contributed by atoms with Gasteiger partial charge in [-0.1, -0.05) is 30.9 Å². The minimum absolute atomic E-state index is 0.327. The smallest absolute Gasteiger partial charge is 0.131 e. The molecular formula is C11H8FN. The third-order valence-electron chi connectivity index (χ3n) is 1.54. The predicted octanol–water partition coefficient (Wildman–Crippen LogP) is 2.90. The lowest BCUT2D eigenvalue weighted by molar-refractivity contribution is 0.624. The van der Waals surface area contributed by atoms with Crippen LogP contribution in [0.25, 0.3) is 6.08 Å². The van der Waals surface area contributed by atoms with Gasteiger partial charge >= 0.3 is 0 Å². The number of nitrogens with zero attached hydrogens (tertiary/aromatic N) is 1. The SMILES string of the molecule is C=C/C=C/c1ccc(C#N)cc1F. The predicted molar refractivity (Wildman–Crippen MR) is 50.3 cm³/mol. The molecule has 0 unspecified atom stereocenters. The Morgan fingerprint density at radius 1 is 1.46 bits per heavy atom. The minimum atomic E-state index is -0.392. The second-order valence-corrected chi connectivity index (χ2v) is 2.44. The van der Waals surface area contributed by atoms with E-state index in [4.69, 9.17) is 5.26 Å². The molecule has 2 heteroatoms. The van der Waals surface area contributed by atoms with E-state index in [9.17, 15) is 4.39 Å². The summed E-state index contributed by atoms with van der Waals surface area (Å²) in [7, 11) is 0. The molecule has 0 saturated heterocycles. The first-order valence-electron chi connectivity index (χ1n) is 3.76. The molecule has 1 aromatic carbocycles.